The van der Waals surface area contributed by atoms with E-state index in [2.05, 4.69) is 75.5 Å². The number of nitrogens with one attached hydrogen (secondary N) is 5. The SMILES string of the molecule is C.C=CC(=O)Cl.C=CC(=O)N1CCN2c3ccc(Nc4ncc(Cl)c(Nc5ccccc5P(C)(C)=O)n4)cc3OC[C@@H]2C1.CP(C)(=O)c1ccccc1Nc1nc(Nc2ccc3c(c2)OC[C@@H]2CNCCN32)ncc1Cl.S.S. The highest BCUT2D eigenvalue weighted by Gasteiger charge is 2.34. The van der Waals surface area contributed by atoms with Crippen LogP contribution in [0.3, 0.4) is 0 Å². The van der Waals surface area contributed by atoms with Crippen LogP contribution in [0.1, 0.15) is 7.43 Å². The summed E-state index contributed by atoms with van der Waals surface area (Å²) in [6.07, 6.45) is 5.46. The van der Waals surface area contributed by atoms with Gasteiger partial charge in [0.25, 0.3) is 0 Å². The van der Waals surface area contributed by atoms with Gasteiger partial charge < -0.3 is 59.9 Å². The molecule has 4 aromatic carbocycles. The summed E-state index contributed by atoms with van der Waals surface area (Å²) in [5.74, 6) is 3.14. The van der Waals surface area contributed by atoms with Crippen LogP contribution in [0.25, 0.3) is 0 Å². The molecule has 4 aliphatic heterocycles. The second kappa shape index (κ2) is 27.8. The largest absolute Gasteiger partial charge is 0.489 e. The number of piperazine rings is 2. The first-order valence-electron chi connectivity index (χ1n) is 23.8. The van der Waals surface area contributed by atoms with Crippen LogP contribution in [-0.2, 0) is 18.7 Å². The number of nitrogens with zero attached hydrogens (tertiary/aromatic N) is 7. The third-order valence-electron chi connectivity index (χ3n) is 12.4. The van der Waals surface area contributed by atoms with Crippen molar-refractivity contribution in [2.75, 3.05) is 110 Å². The zero-order valence-corrected chi connectivity index (χ0v) is 48.8. The van der Waals surface area contributed by atoms with Gasteiger partial charge in [-0.1, -0.05) is 68.1 Å². The number of allylic oxidation sites excluding steroid dienone is 1. The fourth-order valence-corrected chi connectivity index (χ4v) is 11.4. The van der Waals surface area contributed by atoms with Crippen molar-refractivity contribution in [2.45, 2.75) is 19.5 Å². The van der Waals surface area contributed by atoms with E-state index in [-0.39, 0.29) is 46.4 Å². The van der Waals surface area contributed by atoms with Crippen molar-refractivity contribution in [2.24, 2.45) is 0 Å². The number of ether oxygens (including phenoxy) is 2. The van der Waals surface area contributed by atoms with E-state index < -0.39 is 19.5 Å². The number of anilines is 10. The molecule has 0 spiro atoms. The van der Waals surface area contributed by atoms with Crippen molar-refractivity contribution in [1.29, 1.82) is 0 Å². The standard InChI is InChI=1S/C26H28ClN6O3P.C23H26ClN6O2P.C3H3ClO.CH4.2H2S/c1-4-24(34)32-11-12-33-18(15-32)16-36-22-13-17(9-10-21(22)33)29-26-28-14-19(27)25(31-26)30-20-7-5-6-8-23(20)37(2,3)35;1-33(2,31)21-6-4-3-5-18(21)28-22-17(24)13-26-23(29-22)27-15-7-8-19-20(11-15)32-14-16-12-25-9-10-30(16)19;1-2-3(4)5;;;/h4-10,13-14,18H,1,11-12,15-16H2,2-3H3,(H2,28,29,30,31);3-8,11,13,16,25H,9-10,12,14H2,1-2H3,(H2,26,27,28,29);2H,1H2;1H4;2*1H2/t18-;16-;;;;/m00..../s1. The van der Waals surface area contributed by atoms with Gasteiger partial charge >= 0.3 is 0 Å². The summed E-state index contributed by atoms with van der Waals surface area (Å²) in [4.78, 5) is 45.7. The first-order chi connectivity index (χ1) is 35.9. The Balaban J connectivity index is 0.000000257. The summed E-state index contributed by atoms with van der Waals surface area (Å²) in [6.45, 7) is 19.6. The van der Waals surface area contributed by atoms with Crippen LogP contribution in [-0.4, -0.2) is 127 Å². The van der Waals surface area contributed by atoms with Crippen LogP contribution in [0, 0.1) is 0 Å². The highest BCUT2D eigenvalue weighted by molar-refractivity contribution is 7.70. The minimum atomic E-state index is -2.51. The van der Waals surface area contributed by atoms with Gasteiger partial charge in [-0.2, -0.15) is 37.0 Å². The van der Waals surface area contributed by atoms with Gasteiger partial charge in [-0.05, 0) is 98.9 Å². The van der Waals surface area contributed by atoms with Gasteiger partial charge in [0.1, 0.15) is 49.0 Å². The Morgan fingerprint density at radius 3 is 1.60 bits per heavy atom. The number of carbonyl (C=O) groups excluding carboxylic acids is 2. The zero-order valence-electron chi connectivity index (χ0n) is 42.7. The van der Waals surface area contributed by atoms with Crippen LogP contribution in [0.2, 0.25) is 10.0 Å². The number of aromatic nitrogens is 4. The molecule has 416 valence electrons. The summed E-state index contributed by atoms with van der Waals surface area (Å²) in [7, 11) is -5.00. The van der Waals surface area contributed by atoms with Crippen LogP contribution < -0.4 is 56.5 Å². The Morgan fingerprint density at radius 1 is 0.679 bits per heavy atom. The minimum absolute atomic E-state index is 0. The maximum atomic E-state index is 12.7. The Labute approximate surface area is 484 Å². The molecule has 6 aromatic rings. The van der Waals surface area contributed by atoms with Gasteiger partial charge in [0.05, 0.1) is 47.2 Å². The molecule has 18 nitrogen and oxygen atoms in total. The number of hydrogen-bond donors (Lipinski definition) is 5. The van der Waals surface area contributed by atoms with E-state index in [1.165, 1.54) is 12.3 Å². The topological polar surface area (TPSA) is 208 Å². The first-order valence-corrected chi connectivity index (χ1v) is 30.2. The number of halogens is 3. The lowest BCUT2D eigenvalue weighted by molar-refractivity contribution is -0.127. The van der Waals surface area contributed by atoms with Crippen LogP contribution in [0.4, 0.5) is 57.7 Å². The second-order valence-corrected chi connectivity index (χ2v) is 26.0. The predicted octanol–water partition coefficient (Wildman–Crippen LogP) is 10.3. The summed E-state index contributed by atoms with van der Waals surface area (Å²) >= 11 is 17.4. The summed E-state index contributed by atoms with van der Waals surface area (Å²) < 4.78 is 37.5. The van der Waals surface area contributed by atoms with Crippen molar-refractivity contribution in [3.63, 3.8) is 0 Å². The molecule has 2 saturated heterocycles. The van der Waals surface area contributed by atoms with Crippen molar-refractivity contribution in [3.05, 3.63) is 133 Å². The van der Waals surface area contributed by atoms with Gasteiger partial charge in [0, 0.05) is 73.4 Å². The fourth-order valence-electron chi connectivity index (χ4n) is 8.77. The normalized spacial score (nSPS) is 15.8. The Hall–Kier alpha value is -5.95. The summed E-state index contributed by atoms with van der Waals surface area (Å²) in [5, 5.41) is 18.0. The van der Waals surface area contributed by atoms with Crippen molar-refractivity contribution < 1.29 is 28.2 Å². The first kappa shape index (κ1) is 62.9. The molecule has 2 fully saturated rings. The molecule has 1 amide bonds. The van der Waals surface area contributed by atoms with Crippen LogP contribution in [0.15, 0.2) is 123 Å². The molecule has 0 radical (unpaired) electrons. The number of hydrogen-bond acceptors (Lipinski definition) is 17. The summed E-state index contributed by atoms with van der Waals surface area (Å²) in [5.41, 5.74) is 5.09. The molecule has 2 atom stereocenters. The van der Waals surface area contributed by atoms with Crippen molar-refractivity contribution in [3.8, 4) is 11.5 Å². The van der Waals surface area contributed by atoms with Crippen LogP contribution >= 0.6 is 76.1 Å². The van der Waals surface area contributed by atoms with Gasteiger partial charge in [0.15, 0.2) is 11.6 Å². The zero-order chi connectivity index (χ0) is 53.4. The third-order valence-corrected chi connectivity index (χ3v) is 16.2. The molecule has 10 rings (SSSR count). The van der Waals surface area contributed by atoms with Gasteiger partial charge in [0.2, 0.25) is 23.0 Å². The van der Waals surface area contributed by atoms with Crippen molar-refractivity contribution in [1.82, 2.24) is 30.2 Å². The molecule has 6 heterocycles. The smallest absolute Gasteiger partial charge is 0.246 e. The quantitative estimate of drug-likeness (QED) is 0.0439. The van der Waals surface area contributed by atoms with Gasteiger partial charge in [-0.25, -0.2) is 9.97 Å². The maximum absolute atomic E-state index is 12.7. The maximum Gasteiger partial charge on any atom is 0.246 e. The number of benzene rings is 4. The number of rotatable bonds is 12. The van der Waals surface area contributed by atoms with E-state index in [0.717, 1.165) is 77.1 Å². The Bertz CT molecular complexity index is 3230. The lowest BCUT2D eigenvalue weighted by Crippen LogP contribution is -2.58. The lowest BCUT2D eigenvalue weighted by atomic mass is 10.1. The van der Waals surface area contributed by atoms with Crippen LogP contribution in [0.5, 0.6) is 11.5 Å². The molecule has 0 unspecified atom stereocenters. The monoisotopic (exact) mass is 1200 g/mol. The third kappa shape index (κ3) is 15.7. The molecule has 0 bridgehead atoms. The number of amides is 1. The van der Waals surface area contributed by atoms with E-state index in [1.807, 2.05) is 78.9 Å². The van der Waals surface area contributed by atoms with Gasteiger partial charge in [-0.3, -0.25) is 9.59 Å². The van der Waals surface area contributed by atoms with E-state index in [0.29, 0.717) is 77.3 Å². The molecular weight excluding hydrogens is 1130 g/mol. The number of carbonyl (C=O) groups is 2. The minimum Gasteiger partial charge on any atom is -0.489 e. The molecule has 5 N–H and O–H groups in total. The predicted molar refractivity (Wildman–Crippen MR) is 333 cm³/mol. The van der Waals surface area contributed by atoms with Gasteiger partial charge in [-0.15, -0.1) is 0 Å². The highest BCUT2D eigenvalue weighted by atomic mass is 35.5. The Kier molecular flexibility index (Phi) is 22.4. The molecule has 0 aliphatic carbocycles. The molecule has 0 saturated carbocycles. The molecular formula is C53H65Cl3N12O6P2S2. The average Bonchev–Trinajstić information content (AvgIpc) is 3.45. The number of para-hydroxylation sites is 2. The molecule has 25 heteroatoms. The number of fused-ring (bicyclic) bond motifs is 6. The average molecular weight is 1200 g/mol. The molecule has 4 aliphatic rings. The molecule has 2 aromatic heterocycles. The van der Waals surface area contributed by atoms with E-state index in [1.54, 1.807) is 37.8 Å². The van der Waals surface area contributed by atoms with E-state index in [9.17, 15) is 18.7 Å². The Morgan fingerprint density at radius 2 is 1.14 bits per heavy atom. The molecule has 78 heavy (non-hydrogen) atoms. The lowest BCUT2D eigenvalue weighted by Gasteiger charge is -2.45. The van der Waals surface area contributed by atoms with E-state index in [4.69, 9.17) is 44.3 Å². The highest BCUT2D eigenvalue weighted by Crippen LogP contribution is 2.42. The second-order valence-electron chi connectivity index (χ2n) is 18.4. The van der Waals surface area contributed by atoms with E-state index >= 15 is 0 Å². The van der Waals surface area contributed by atoms with Crippen molar-refractivity contribution >= 4 is 155 Å². The summed E-state index contributed by atoms with van der Waals surface area (Å²) in [6, 6.07) is 27.2. The fraction of sp³-hybridized carbons (Fsp3) is 0.283.